The second-order valence-corrected chi connectivity index (χ2v) is 11.6. The average molecular weight is 425 g/mol. The molecule has 0 radical (unpaired) electrons. The second kappa shape index (κ2) is 9.76. The lowest BCUT2D eigenvalue weighted by atomic mass is 9.81. The minimum Gasteiger partial charge on any atom is -0.438 e. The zero-order valence-corrected chi connectivity index (χ0v) is 18.9. The van der Waals surface area contributed by atoms with Crippen LogP contribution in [-0.4, -0.2) is 14.0 Å². The lowest BCUT2D eigenvalue weighted by molar-refractivity contribution is 0.329. The molecule has 0 saturated heterocycles. The molecule has 3 nitrogen and oxygen atoms in total. The quantitative estimate of drug-likeness (QED) is 0.255. The molecule has 1 aliphatic rings. The van der Waals surface area contributed by atoms with Gasteiger partial charge in [-0.15, -0.1) is 5.16 Å². The van der Waals surface area contributed by atoms with Crippen molar-refractivity contribution in [2.75, 3.05) is 0 Å². The van der Waals surface area contributed by atoms with Crippen molar-refractivity contribution in [3.63, 3.8) is 0 Å². The fraction of sp³-hybridized carbons (Fsp3) is 0.259. The monoisotopic (exact) mass is 424 g/mol. The highest BCUT2D eigenvalue weighted by molar-refractivity contribution is 7.07. The Hall–Kier alpha value is -3.16. The highest BCUT2D eigenvalue weighted by Gasteiger charge is 2.45. The van der Waals surface area contributed by atoms with Crippen molar-refractivity contribution in [1.82, 2.24) is 0 Å². The zero-order chi connectivity index (χ0) is 21.5. The van der Waals surface area contributed by atoms with Crippen LogP contribution >= 0.6 is 0 Å². The van der Waals surface area contributed by atoms with E-state index in [1.165, 1.54) is 15.6 Å². The molecule has 0 bridgehead atoms. The van der Waals surface area contributed by atoms with E-state index in [2.05, 4.69) is 85.8 Å². The molecule has 0 atom stereocenters. The van der Waals surface area contributed by atoms with Crippen LogP contribution in [0.4, 0.5) is 0 Å². The first-order chi connectivity index (χ1) is 15.2. The molecule has 0 unspecified atom stereocenters. The fourth-order valence-electron chi connectivity index (χ4n) is 4.53. The van der Waals surface area contributed by atoms with Crippen molar-refractivity contribution >= 4 is 29.6 Å². The van der Waals surface area contributed by atoms with Crippen molar-refractivity contribution in [2.24, 2.45) is 17.0 Å². The number of benzene rings is 3. The summed E-state index contributed by atoms with van der Waals surface area (Å²) < 4.78 is 6.72. The van der Waals surface area contributed by atoms with Crippen molar-refractivity contribution in [1.29, 1.82) is 5.26 Å². The van der Waals surface area contributed by atoms with Gasteiger partial charge in [0.05, 0.1) is 11.8 Å². The Morgan fingerprint density at radius 2 is 1.19 bits per heavy atom. The van der Waals surface area contributed by atoms with Gasteiger partial charge in [0.1, 0.15) is 0 Å². The summed E-state index contributed by atoms with van der Waals surface area (Å²) in [4.78, 5) is 0. The first-order valence-corrected chi connectivity index (χ1v) is 12.9. The first kappa shape index (κ1) is 21.1. The van der Waals surface area contributed by atoms with Crippen LogP contribution in [0.5, 0.6) is 0 Å². The second-order valence-electron chi connectivity index (χ2n) is 8.28. The molecule has 0 aliphatic heterocycles. The molecular weight excluding hydrogens is 396 g/mol. The minimum atomic E-state index is -2.81. The first-order valence-electron chi connectivity index (χ1n) is 11.0. The predicted molar refractivity (Wildman–Crippen MR) is 129 cm³/mol. The molecular formula is C27H28N2OSi. The molecule has 4 rings (SSSR count). The van der Waals surface area contributed by atoms with E-state index in [-0.39, 0.29) is 5.92 Å². The Bertz CT molecular complexity index is 940. The van der Waals surface area contributed by atoms with Crippen molar-refractivity contribution in [3.8, 4) is 6.07 Å². The maximum absolute atomic E-state index is 9.20. The van der Waals surface area contributed by atoms with Gasteiger partial charge in [0.25, 0.3) is 0 Å². The summed E-state index contributed by atoms with van der Waals surface area (Å²) in [5, 5.41) is 17.5. The SMILES string of the molecule is CC(=NO[Si](c1ccccc1)(c1ccccc1)c1ccccc1)C1CCC(C#N)CC1. The van der Waals surface area contributed by atoms with E-state index in [0.29, 0.717) is 5.92 Å². The third kappa shape index (κ3) is 4.47. The molecule has 1 fully saturated rings. The highest BCUT2D eigenvalue weighted by Crippen LogP contribution is 2.29. The minimum absolute atomic E-state index is 0.191. The summed E-state index contributed by atoms with van der Waals surface area (Å²) >= 11 is 0. The Morgan fingerprint density at radius 3 is 1.58 bits per heavy atom. The molecule has 0 spiro atoms. The highest BCUT2D eigenvalue weighted by atomic mass is 28.4. The van der Waals surface area contributed by atoms with Crippen LogP contribution < -0.4 is 15.6 Å². The van der Waals surface area contributed by atoms with E-state index in [1.54, 1.807) is 0 Å². The normalized spacial score (nSPS) is 19.4. The van der Waals surface area contributed by atoms with Gasteiger partial charge >= 0.3 is 8.32 Å². The number of hydrogen-bond acceptors (Lipinski definition) is 3. The molecule has 1 aliphatic carbocycles. The number of hydrogen-bond donors (Lipinski definition) is 0. The van der Waals surface area contributed by atoms with E-state index in [0.717, 1.165) is 31.4 Å². The van der Waals surface area contributed by atoms with Gasteiger partial charge in [0, 0.05) is 11.8 Å². The lowest BCUT2D eigenvalue weighted by Gasteiger charge is -2.31. The van der Waals surface area contributed by atoms with E-state index < -0.39 is 8.32 Å². The van der Waals surface area contributed by atoms with Gasteiger partial charge in [-0.25, -0.2) is 0 Å². The maximum atomic E-state index is 9.20. The molecule has 4 heteroatoms. The molecule has 3 aromatic carbocycles. The van der Waals surface area contributed by atoms with Crippen LogP contribution in [0.1, 0.15) is 32.6 Å². The lowest BCUT2D eigenvalue weighted by Crippen LogP contribution is -2.68. The van der Waals surface area contributed by atoms with Gasteiger partial charge in [0.2, 0.25) is 0 Å². The molecule has 156 valence electrons. The number of nitrogens with zero attached hydrogens (tertiary/aromatic N) is 2. The summed E-state index contributed by atoms with van der Waals surface area (Å²) in [7, 11) is -2.81. The fourth-order valence-corrected chi connectivity index (χ4v) is 8.11. The Balaban J connectivity index is 1.77. The standard InChI is InChI=1S/C27H28N2OSi/c1-22(24-19-17-23(21-28)18-20-24)29-30-31(25-11-5-2-6-12-25,26-13-7-3-8-14-26)27-15-9-4-10-16-27/h2-16,23-24H,17-20H2,1H3. The van der Waals surface area contributed by atoms with Crippen LogP contribution in [0.2, 0.25) is 0 Å². The average Bonchev–Trinajstić information content (AvgIpc) is 2.86. The topological polar surface area (TPSA) is 45.4 Å². The number of oxime groups is 1. The summed E-state index contributed by atoms with van der Waals surface area (Å²) in [5.41, 5.74) is 1.04. The molecule has 0 aromatic heterocycles. The number of nitriles is 1. The molecule has 0 amide bonds. The molecule has 31 heavy (non-hydrogen) atoms. The summed E-state index contributed by atoms with van der Waals surface area (Å²) in [6, 6.07) is 34.0. The van der Waals surface area contributed by atoms with Gasteiger partial charge in [0.15, 0.2) is 0 Å². The predicted octanol–water partition coefficient (Wildman–Crippen LogP) is 4.38. The van der Waals surface area contributed by atoms with Gasteiger partial charge in [-0.3, -0.25) is 0 Å². The molecule has 0 heterocycles. The summed E-state index contributed by atoms with van der Waals surface area (Å²) in [6.45, 7) is 2.08. The summed E-state index contributed by atoms with van der Waals surface area (Å²) in [6.07, 6.45) is 3.92. The largest absolute Gasteiger partial charge is 0.438 e. The van der Waals surface area contributed by atoms with E-state index in [9.17, 15) is 5.26 Å². The van der Waals surface area contributed by atoms with E-state index in [4.69, 9.17) is 9.68 Å². The van der Waals surface area contributed by atoms with Crippen molar-refractivity contribution in [2.45, 2.75) is 32.6 Å². The maximum Gasteiger partial charge on any atom is 0.380 e. The van der Waals surface area contributed by atoms with E-state index >= 15 is 0 Å². The molecule has 0 N–H and O–H groups in total. The Kier molecular flexibility index (Phi) is 6.64. The van der Waals surface area contributed by atoms with Crippen LogP contribution in [0.25, 0.3) is 0 Å². The smallest absolute Gasteiger partial charge is 0.380 e. The molecule has 3 aromatic rings. The van der Waals surface area contributed by atoms with Crippen LogP contribution in [-0.2, 0) is 4.53 Å². The Labute approximate surface area is 186 Å². The third-order valence-electron chi connectivity index (χ3n) is 6.37. The Morgan fingerprint density at radius 1 is 0.774 bits per heavy atom. The van der Waals surface area contributed by atoms with Crippen LogP contribution in [0.3, 0.4) is 0 Å². The van der Waals surface area contributed by atoms with Crippen molar-refractivity contribution < 1.29 is 4.53 Å². The van der Waals surface area contributed by atoms with Gasteiger partial charge in [-0.2, -0.15) is 5.26 Å². The van der Waals surface area contributed by atoms with E-state index in [1.807, 2.05) is 18.2 Å². The van der Waals surface area contributed by atoms with Gasteiger partial charge in [-0.05, 0) is 48.2 Å². The van der Waals surface area contributed by atoms with Crippen LogP contribution in [0, 0.1) is 23.2 Å². The van der Waals surface area contributed by atoms with Crippen molar-refractivity contribution in [3.05, 3.63) is 91.0 Å². The zero-order valence-electron chi connectivity index (χ0n) is 17.9. The third-order valence-corrected chi connectivity index (χ3v) is 10.2. The number of rotatable bonds is 6. The summed E-state index contributed by atoms with van der Waals surface area (Å²) in [5.74, 6) is 0.579. The van der Waals surface area contributed by atoms with Gasteiger partial charge < -0.3 is 4.53 Å². The van der Waals surface area contributed by atoms with Gasteiger partial charge in [-0.1, -0.05) is 91.0 Å². The molecule has 1 saturated carbocycles. The van der Waals surface area contributed by atoms with Crippen LogP contribution in [0.15, 0.2) is 96.2 Å².